The minimum atomic E-state index is -0.838. The third-order valence-corrected chi connectivity index (χ3v) is 7.31. The molecule has 10 nitrogen and oxygen atoms in total. The molecule has 5 rings (SSSR count). The maximum Gasteiger partial charge on any atom is 0.227 e. The van der Waals surface area contributed by atoms with Gasteiger partial charge in [-0.2, -0.15) is 0 Å². The van der Waals surface area contributed by atoms with E-state index in [9.17, 15) is 14.7 Å². The lowest BCUT2D eigenvalue weighted by molar-refractivity contribution is -0.132. The van der Waals surface area contributed by atoms with Crippen molar-refractivity contribution in [3.8, 4) is 23.0 Å². The van der Waals surface area contributed by atoms with E-state index in [0.29, 0.717) is 42.3 Å². The molecule has 0 aliphatic carbocycles. The summed E-state index contributed by atoms with van der Waals surface area (Å²) < 4.78 is 27.6. The Balaban J connectivity index is 1.55. The molecule has 0 bridgehead atoms. The molecule has 1 aliphatic heterocycles. The molecule has 10 heteroatoms. The summed E-state index contributed by atoms with van der Waals surface area (Å²) in [4.78, 5) is 31.7. The van der Waals surface area contributed by atoms with Gasteiger partial charge in [-0.1, -0.05) is 18.2 Å². The Hall–Kier alpha value is -4.44. The van der Waals surface area contributed by atoms with Gasteiger partial charge in [-0.3, -0.25) is 9.59 Å². The number of carbonyl (C=O) groups excluding carboxylic acids is 1. The zero-order valence-electron chi connectivity index (χ0n) is 22.9. The van der Waals surface area contributed by atoms with E-state index in [-0.39, 0.29) is 30.5 Å². The molecule has 0 unspecified atom stereocenters. The number of aromatic nitrogens is 1. The van der Waals surface area contributed by atoms with Gasteiger partial charge in [-0.25, -0.2) is 0 Å². The first-order chi connectivity index (χ1) is 19.4. The molecule has 3 heterocycles. The lowest BCUT2D eigenvalue weighted by atomic mass is 9.90. The van der Waals surface area contributed by atoms with Gasteiger partial charge in [-0.15, -0.1) is 0 Å². The fraction of sp³-hybridized carbons (Fsp3) is 0.333. The van der Waals surface area contributed by atoms with Crippen molar-refractivity contribution in [2.75, 3.05) is 35.0 Å². The van der Waals surface area contributed by atoms with Gasteiger partial charge in [0.05, 0.1) is 33.8 Å². The van der Waals surface area contributed by atoms with E-state index in [1.165, 1.54) is 45.5 Å². The van der Waals surface area contributed by atoms with Gasteiger partial charge < -0.3 is 38.4 Å². The van der Waals surface area contributed by atoms with Gasteiger partial charge in [-0.05, 0) is 35.7 Å². The summed E-state index contributed by atoms with van der Waals surface area (Å²) in [6.07, 6.45) is 0.630. The van der Waals surface area contributed by atoms with Gasteiger partial charge in [0, 0.05) is 42.7 Å². The van der Waals surface area contributed by atoms with Gasteiger partial charge in [0.2, 0.25) is 22.8 Å². The number of carbonyl (C=O) groups is 1. The molecule has 1 atom stereocenters. The average molecular weight is 549 g/mol. The number of nitrogens with one attached hydrogen (secondary N) is 1. The minimum absolute atomic E-state index is 0.0216. The van der Waals surface area contributed by atoms with E-state index in [1.54, 1.807) is 17.0 Å². The first-order valence-corrected chi connectivity index (χ1v) is 12.9. The quantitative estimate of drug-likeness (QED) is 0.320. The normalized spacial score (nSPS) is 13.7. The van der Waals surface area contributed by atoms with Crippen molar-refractivity contribution < 1.29 is 33.3 Å². The maximum absolute atomic E-state index is 13.8. The van der Waals surface area contributed by atoms with Crippen LogP contribution in [0.3, 0.4) is 0 Å². The summed E-state index contributed by atoms with van der Waals surface area (Å²) in [7, 11) is 5.95. The Morgan fingerprint density at radius 3 is 2.48 bits per heavy atom. The molecule has 0 radical (unpaired) electrons. The lowest BCUT2D eigenvalue weighted by Gasteiger charge is -2.29. The summed E-state index contributed by atoms with van der Waals surface area (Å²) in [5, 5.41) is 12.0. The number of H-pyrrole nitrogens is 1. The molecule has 0 saturated heterocycles. The van der Waals surface area contributed by atoms with Gasteiger partial charge in [0.15, 0.2) is 17.3 Å². The third kappa shape index (κ3) is 4.98. The van der Waals surface area contributed by atoms with Crippen molar-refractivity contribution in [2.24, 2.45) is 0 Å². The number of fused-ring (bicyclic) bond motifs is 3. The van der Waals surface area contributed by atoms with Crippen molar-refractivity contribution in [1.29, 1.82) is 0 Å². The lowest BCUT2D eigenvalue weighted by Crippen LogP contribution is -2.36. The smallest absolute Gasteiger partial charge is 0.227 e. The molecular formula is C30H32N2O8. The van der Waals surface area contributed by atoms with Crippen LogP contribution in [0.1, 0.15) is 40.7 Å². The molecule has 40 heavy (non-hydrogen) atoms. The molecule has 2 aromatic heterocycles. The Morgan fingerprint density at radius 2 is 1.80 bits per heavy atom. The van der Waals surface area contributed by atoms with E-state index >= 15 is 0 Å². The maximum atomic E-state index is 13.8. The van der Waals surface area contributed by atoms with E-state index in [1.807, 2.05) is 18.2 Å². The van der Waals surface area contributed by atoms with Crippen molar-refractivity contribution >= 4 is 16.8 Å². The summed E-state index contributed by atoms with van der Waals surface area (Å²) in [6.45, 7) is 0.980. The summed E-state index contributed by atoms with van der Waals surface area (Å²) >= 11 is 0. The molecule has 4 aromatic rings. The van der Waals surface area contributed by atoms with E-state index < -0.39 is 17.1 Å². The average Bonchev–Trinajstić information content (AvgIpc) is 3.35. The van der Waals surface area contributed by atoms with Crippen LogP contribution in [-0.4, -0.2) is 55.9 Å². The molecule has 2 N–H and O–H groups in total. The van der Waals surface area contributed by atoms with Crippen LogP contribution in [0.15, 0.2) is 51.7 Å². The second-order valence-electron chi connectivity index (χ2n) is 9.63. The Kier molecular flexibility index (Phi) is 7.70. The predicted molar refractivity (Wildman–Crippen MR) is 147 cm³/mol. The largest absolute Gasteiger partial charge is 0.502 e. The number of hydrogen-bond acceptors (Lipinski definition) is 8. The standard InChI is InChI=1S/C30H32N2O8/c1-36-16-18-13-24(33)28(35)29(40-18)21(17-11-25(37-2)30(39-4)26(12-17)38-3)14-27(34)32-10-9-20-19-7-5-6-8-22(19)31-23(20)15-32/h5-8,11-13,21,31,35H,9-10,14-16H2,1-4H3/t21-/m0/s1. The number of nitrogens with zero attached hydrogens (tertiary/aromatic N) is 1. The number of rotatable bonds is 9. The van der Waals surface area contributed by atoms with E-state index in [4.69, 9.17) is 23.4 Å². The second-order valence-corrected chi connectivity index (χ2v) is 9.63. The molecule has 0 spiro atoms. The highest BCUT2D eigenvalue weighted by Gasteiger charge is 2.32. The van der Waals surface area contributed by atoms with Crippen LogP contribution in [-0.2, 0) is 29.1 Å². The Labute approximate surface area is 231 Å². The summed E-state index contributed by atoms with van der Waals surface area (Å²) in [6, 6.07) is 12.7. The van der Waals surface area contributed by atoms with Crippen LogP contribution >= 0.6 is 0 Å². The monoisotopic (exact) mass is 548 g/mol. The van der Waals surface area contributed by atoms with E-state index in [0.717, 1.165) is 11.2 Å². The number of hydrogen-bond donors (Lipinski definition) is 2. The van der Waals surface area contributed by atoms with Crippen LogP contribution in [0.5, 0.6) is 23.0 Å². The molecule has 0 saturated carbocycles. The molecular weight excluding hydrogens is 516 g/mol. The first kappa shape index (κ1) is 27.1. The highest BCUT2D eigenvalue weighted by Crippen LogP contribution is 2.43. The predicted octanol–water partition coefficient (Wildman–Crippen LogP) is 4.11. The topological polar surface area (TPSA) is 123 Å². The molecule has 2 aromatic carbocycles. The summed E-state index contributed by atoms with van der Waals surface area (Å²) in [5.74, 6) is -0.272. The molecule has 1 aliphatic rings. The molecule has 0 fully saturated rings. The zero-order valence-corrected chi connectivity index (χ0v) is 22.9. The van der Waals surface area contributed by atoms with E-state index in [2.05, 4.69) is 11.1 Å². The minimum Gasteiger partial charge on any atom is -0.502 e. The SMILES string of the molecule is COCc1cc(=O)c(O)c([C@@H](CC(=O)N2CCc3c([nH]c4ccccc34)C2)c2cc(OC)c(OC)c(OC)c2)o1. The second kappa shape index (κ2) is 11.4. The Morgan fingerprint density at radius 1 is 1.07 bits per heavy atom. The fourth-order valence-corrected chi connectivity index (χ4v) is 5.38. The summed E-state index contributed by atoms with van der Waals surface area (Å²) in [5.41, 5.74) is 3.18. The Bertz CT molecular complexity index is 1580. The van der Waals surface area contributed by atoms with Crippen molar-refractivity contribution in [3.63, 3.8) is 0 Å². The third-order valence-electron chi connectivity index (χ3n) is 7.31. The van der Waals surface area contributed by atoms with Crippen LogP contribution in [0, 0.1) is 0 Å². The number of para-hydroxylation sites is 1. The number of aromatic amines is 1. The van der Waals surface area contributed by atoms with Crippen molar-refractivity contribution in [1.82, 2.24) is 9.88 Å². The van der Waals surface area contributed by atoms with Crippen molar-refractivity contribution in [2.45, 2.75) is 31.9 Å². The van der Waals surface area contributed by atoms with Gasteiger partial charge >= 0.3 is 0 Å². The molecule has 1 amide bonds. The number of aromatic hydroxyl groups is 1. The van der Waals surface area contributed by atoms with Crippen LogP contribution in [0.2, 0.25) is 0 Å². The fourth-order valence-electron chi connectivity index (χ4n) is 5.38. The number of methoxy groups -OCH3 is 4. The van der Waals surface area contributed by atoms with Gasteiger partial charge in [0.1, 0.15) is 12.4 Å². The van der Waals surface area contributed by atoms with Gasteiger partial charge in [0.25, 0.3) is 0 Å². The van der Waals surface area contributed by atoms with Crippen LogP contribution in [0.4, 0.5) is 0 Å². The van der Waals surface area contributed by atoms with Crippen molar-refractivity contribution in [3.05, 3.63) is 81.0 Å². The number of benzene rings is 2. The molecule has 210 valence electrons. The zero-order chi connectivity index (χ0) is 28.4. The number of amides is 1. The number of ether oxygens (including phenoxy) is 4. The van der Waals surface area contributed by atoms with Crippen LogP contribution < -0.4 is 19.6 Å². The first-order valence-electron chi connectivity index (χ1n) is 12.9. The highest BCUT2D eigenvalue weighted by molar-refractivity contribution is 5.86. The van der Waals surface area contributed by atoms with Crippen LogP contribution in [0.25, 0.3) is 10.9 Å². The highest BCUT2D eigenvalue weighted by atomic mass is 16.5.